The van der Waals surface area contributed by atoms with Gasteiger partial charge in [-0.3, -0.25) is 0 Å². The first kappa shape index (κ1) is 17.9. The van der Waals surface area contributed by atoms with Gasteiger partial charge < -0.3 is 4.74 Å². The van der Waals surface area contributed by atoms with Gasteiger partial charge in [-0.1, -0.05) is 66.7 Å². The van der Waals surface area contributed by atoms with Crippen molar-refractivity contribution < 1.29 is 4.74 Å². The van der Waals surface area contributed by atoms with Crippen LogP contribution >= 0.6 is 0 Å². The van der Waals surface area contributed by atoms with Crippen LogP contribution in [-0.2, 0) is 6.42 Å². The Morgan fingerprint density at radius 1 is 0.778 bits per heavy atom. The van der Waals surface area contributed by atoms with Gasteiger partial charge in [-0.25, -0.2) is 0 Å². The SMILES string of the molecule is CC(C)(C)Oc1ccc2c(c1)CCC(c1ccccc1)C2c1ccccc1. The van der Waals surface area contributed by atoms with Crippen LogP contribution in [0.25, 0.3) is 0 Å². The van der Waals surface area contributed by atoms with Gasteiger partial charge in [-0.15, -0.1) is 0 Å². The lowest BCUT2D eigenvalue weighted by Gasteiger charge is -2.35. The van der Waals surface area contributed by atoms with Crippen LogP contribution in [0.1, 0.15) is 61.3 Å². The van der Waals surface area contributed by atoms with Gasteiger partial charge in [-0.2, -0.15) is 0 Å². The lowest BCUT2D eigenvalue weighted by Crippen LogP contribution is -2.24. The minimum absolute atomic E-state index is 0.172. The Labute approximate surface area is 163 Å². The molecule has 0 radical (unpaired) electrons. The molecule has 1 aliphatic rings. The van der Waals surface area contributed by atoms with E-state index < -0.39 is 0 Å². The van der Waals surface area contributed by atoms with Crippen LogP contribution in [-0.4, -0.2) is 5.60 Å². The predicted molar refractivity (Wildman–Crippen MR) is 113 cm³/mol. The average Bonchev–Trinajstić information content (AvgIpc) is 2.67. The molecule has 0 heterocycles. The van der Waals surface area contributed by atoms with E-state index in [1.165, 1.54) is 22.3 Å². The van der Waals surface area contributed by atoms with Crippen LogP contribution in [0.2, 0.25) is 0 Å². The maximum atomic E-state index is 6.12. The van der Waals surface area contributed by atoms with Crippen molar-refractivity contribution in [3.8, 4) is 5.75 Å². The smallest absolute Gasteiger partial charge is 0.120 e. The van der Waals surface area contributed by atoms with Gasteiger partial charge in [0.1, 0.15) is 11.4 Å². The largest absolute Gasteiger partial charge is 0.488 e. The molecule has 1 heteroatoms. The average molecular weight is 357 g/mol. The Bertz CT molecular complexity index is 890. The first-order valence-corrected chi connectivity index (χ1v) is 9.93. The molecule has 0 aromatic heterocycles. The molecular weight excluding hydrogens is 328 g/mol. The van der Waals surface area contributed by atoms with E-state index in [1.54, 1.807) is 0 Å². The summed E-state index contributed by atoms with van der Waals surface area (Å²) in [6.07, 6.45) is 2.26. The zero-order valence-electron chi connectivity index (χ0n) is 16.5. The Morgan fingerprint density at radius 3 is 2.04 bits per heavy atom. The topological polar surface area (TPSA) is 9.23 Å². The maximum Gasteiger partial charge on any atom is 0.120 e. The number of hydrogen-bond acceptors (Lipinski definition) is 1. The fourth-order valence-corrected chi connectivity index (χ4v) is 4.35. The third-order valence-corrected chi connectivity index (χ3v) is 5.39. The standard InChI is InChI=1S/C26H28O/c1-26(2,3)27-22-15-17-24-21(18-22)14-16-23(19-10-6-4-7-11-19)25(24)20-12-8-5-9-13-20/h4-13,15,17-18,23,25H,14,16H2,1-3H3. The van der Waals surface area contributed by atoms with E-state index in [0.717, 1.165) is 18.6 Å². The molecule has 27 heavy (non-hydrogen) atoms. The van der Waals surface area contributed by atoms with Gasteiger partial charge in [0.15, 0.2) is 0 Å². The molecule has 0 fully saturated rings. The van der Waals surface area contributed by atoms with Gasteiger partial charge in [0.05, 0.1) is 0 Å². The predicted octanol–water partition coefficient (Wildman–Crippen LogP) is 6.73. The van der Waals surface area contributed by atoms with Gasteiger partial charge >= 0.3 is 0 Å². The van der Waals surface area contributed by atoms with Crippen molar-refractivity contribution in [3.63, 3.8) is 0 Å². The highest BCUT2D eigenvalue weighted by Crippen LogP contribution is 2.47. The van der Waals surface area contributed by atoms with E-state index in [4.69, 9.17) is 4.74 Å². The van der Waals surface area contributed by atoms with Crippen molar-refractivity contribution in [2.45, 2.75) is 51.0 Å². The molecule has 0 bridgehead atoms. The molecule has 0 N–H and O–H groups in total. The van der Waals surface area contributed by atoms with Crippen LogP contribution in [0.5, 0.6) is 5.75 Å². The second kappa shape index (κ2) is 7.23. The van der Waals surface area contributed by atoms with E-state index in [0.29, 0.717) is 11.8 Å². The van der Waals surface area contributed by atoms with Crippen molar-refractivity contribution in [2.24, 2.45) is 0 Å². The van der Waals surface area contributed by atoms with Gasteiger partial charge in [0, 0.05) is 5.92 Å². The Kier molecular flexibility index (Phi) is 4.78. The minimum Gasteiger partial charge on any atom is -0.488 e. The lowest BCUT2D eigenvalue weighted by molar-refractivity contribution is 0.130. The fraction of sp³-hybridized carbons (Fsp3) is 0.308. The summed E-state index contributed by atoms with van der Waals surface area (Å²) in [6, 6.07) is 28.6. The molecule has 138 valence electrons. The molecule has 2 atom stereocenters. The summed E-state index contributed by atoms with van der Waals surface area (Å²) in [5.41, 5.74) is 5.54. The summed E-state index contributed by atoms with van der Waals surface area (Å²) in [6.45, 7) is 6.31. The number of fused-ring (bicyclic) bond motifs is 1. The van der Waals surface area contributed by atoms with E-state index in [-0.39, 0.29) is 5.60 Å². The van der Waals surface area contributed by atoms with Crippen molar-refractivity contribution in [3.05, 3.63) is 101 Å². The lowest BCUT2D eigenvalue weighted by atomic mass is 9.69. The first-order valence-electron chi connectivity index (χ1n) is 9.93. The molecule has 4 rings (SSSR count). The highest BCUT2D eigenvalue weighted by atomic mass is 16.5. The van der Waals surface area contributed by atoms with Gasteiger partial charge in [0.2, 0.25) is 0 Å². The summed E-state index contributed by atoms with van der Waals surface area (Å²) in [5, 5.41) is 0. The molecule has 2 unspecified atom stereocenters. The van der Waals surface area contributed by atoms with Gasteiger partial charge in [0.25, 0.3) is 0 Å². The highest BCUT2D eigenvalue weighted by Gasteiger charge is 2.32. The summed E-state index contributed by atoms with van der Waals surface area (Å²) in [4.78, 5) is 0. The third kappa shape index (κ3) is 3.93. The third-order valence-electron chi connectivity index (χ3n) is 5.39. The van der Waals surface area contributed by atoms with Crippen molar-refractivity contribution in [1.29, 1.82) is 0 Å². The number of aryl methyl sites for hydroxylation is 1. The first-order chi connectivity index (χ1) is 13.0. The second-order valence-electron chi connectivity index (χ2n) is 8.52. The minimum atomic E-state index is -0.172. The molecule has 0 saturated heterocycles. The Hall–Kier alpha value is -2.54. The second-order valence-corrected chi connectivity index (χ2v) is 8.52. The van der Waals surface area contributed by atoms with Crippen LogP contribution in [0, 0.1) is 0 Å². The zero-order chi connectivity index (χ0) is 18.9. The van der Waals surface area contributed by atoms with Crippen molar-refractivity contribution in [1.82, 2.24) is 0 Å². The van der Waals surface area contributed by atoms with E-state index in [2.05, 4.69) is 99.6 Å². The van der Waals surface area contributed by atoms with Crippen molar-refractivity contribution in [2.75, 3.05) is 0 Å². The molecule has 0 amide bonds. The fourth-order valence-electron chi connectivity index (χ4n) is 4.35. The molecular formula is C26H28O. The quantitative estimate of drug-likeness (QED) is 0.506. The number of benzene rings is 3. The van der Waals surface area contributed by atoms with Crippen LogP contribution < -0.4 is 4.74 Å². The van der Waals surface area contributed by atoms with Gasteiger partial charge in [-0.05, 0) is 73.9 Å². The maximum absolute atomic E-state index is 6.12. The molecule has 1 aliphatic carbocycles. The summed E-state index contributed by atoms with van der Waals surface area (Å²) >= 11 is 0. The van der Waals surface area contributed by atoms with Crippen LogP contribution in [0.4, 0.5) is 0 Å². The van der Waals surface area contributed by atoms with E-state index in [9.17, 15) is 0 Å². The summed E-state index contributed by atoms with van der Waals surface area (Å²) in [7, 11) is 0. The molecule has 1 nitrogen and oxygen atoms in total. The summed E-state index contributed by atoms with van der Waals surface area (Å²) < 4.78 is 6.12. The van der Waals surface area contributed by atoms with Crippen molar-refractivity contribution >= 4 is 0 Å². The number of rotatable bonds is 3. The Balaban J connectivity index is 1.77. The number of hydrogen-bond donors (Lipinski definition) is 0. The monoisotopic (exact) mass is 356 g/mol. The summed E-state index contributed by atoms with van der Waals surface area (Å²) in [5.74, 6) is 1.88. The zero-order valence-corrected chi connectivity index (χ0v) is 16.5. The molecule has 0 saturated carbocycles. The Morgan fingerprint density at radius 2 is 1.41 bits per heavy atom. The van der Waals surface area contributed by atoms with E-state index >= 15 is 0 Å². The highest BCUT2D eigenvalue weighted by molar-refractivity contribution is 5.47. The van der Waals surface area contributed by atoms with E-state index in [1.807, 2.05) is 0 Å². The normalized spacial score (nSPS) is 19.4. The van der Waals surface area contributed by atoms with Crippen LogP contribution in [0.15, 0.2) is 78.9 Å². The molecule has 3 aromatic rings. The number of ether oxygens (including phenoxy) is 1. The molecule has 3 aromatic carbocycles. The molecule has 0 spiro atoms. The van der Waals surface area contributed by atoms with Crippen LogP contribution in [0.3, 0.4) is 0 Å². The molecule has 0 aliphatic heterocycles.